The zero-order valence-electron chi connectivity index (χ0n) is 19.0. The molecule has 3 aromatic carbocycles. The van der Waals surface area contributed by atoms with Crippen molar-refractivity contribution in [3.05, 3.63) is 94.9 Å². The van der Waals surface area contributed by atoms with Crippen LogP contribution >= 0.6 is 11.6 Å². The van der Waals surface area contributed by atoms with E-state index in [1.165, 1.54) is 0 Å². The third-order valence-electron chi connectivity index (χ3n) is 5.76. The third kappa shape index (κ3) is 4.45. The van der Waals surface area contributed by atoms with Crippen LogP contribution in [0.2, 0.25) is 5.02 Å². The van der Waals surface area contributed by atoms with Crippen LogP contribution in [0.1, 0.15) is 21.7 Å². The number of likely N-dealkylation sites (N-methyl/N-ethyl adjacent to an activating group) is 1. The molecule has 0 radical (unpaired) electrons. The second kappa shape index (κ2) is 9.37. The van der Waals surface area contributed by atoms with Gasteiger partial charge in [-0.25, -0.2) is 0 Å². The molecule has 6 heteroatoms. The van der Waals surface area contributed by atoms with Crippen LogP contribution in [0.3, 0.4) is 0 Å². The van der Waals surface area contributed by atoms with Crippen molar-refractivity contribution in [2.45, 2.75) is 6.42 Å². The Hall–Kier alpha value is -3.54. The monoisotopic (exact) mass is 473 g/mol. The van der Waals surface area contributed by atoms with Gasteiger partial charge in [-0.15, -0.1) is 0 Å². The van der Waals surface area contributed by atoms with Crippen LogP contribution < -0.4 is 9.47 Å². The summed E-state index contributed by atoms with van der Waals surface area (Å²) in [6.07, 6.45) is 4.40. The Balaban J connectivity index is 1.59. The largest absolute Gasteiger partial charge is 0.492 e. The molecule has 4 aromatic rings. The number of ether oxygens (including phenoxy) is 2. The van der Waals surface area contributed by atoms with Crippen LogP contribution in [0.4, 0.5) is 0 Å². The second-order valence-electron chi connectivity index (χ2n) is 8.47. The van der Waals surface area contributed by atoms with Gasteiger partial charge in [-0.3, -0.25) is 4.79 Å². The van der Waals surface area contributed by atoms with Gasteiger partial charge in [0.15, 0.2) is 5.76 Å². The number of halogens is 1. The summed E-state index contributed by atoms with van der Waals surface area (Å²) >= 11 is 6.03. The number of fused-ring (bicyclic) bond motifs is 2. The van der Waals surface area contributed by atoms with Crippen molar-refractivity contribution in [2.24, 2.45) is 0 Å². The number of benzene rings is 3. The van der Waals surface area contributed by atoms with Crippen molar-refractivity contribution in [2.75, 3.05) is 27.2 Å². The van der Waals surface area contributed by atoms with Gasteiger partial charge in [0.1, 0.15) is 23.7 Å². The van der Waals surface area contributed by atoms with E-state index in [1.54, 1.807) is 30.5 Å². The highest BCUT2D eigenvalue weighted by Gasteiger charge is 2.25. The molecule has 5 rings (SSSR count). The predicted molar refractivity (Wildman–Crippen MR) is 134 cm³/mol. The van der Waals surface area contributed by atoms with Gasteiger partial charge < -0.3 is 18.8 Å². The molecule has 0 amide bonds. The average Bonchev–Trinajstić information content (AvgIpc) is 3.21. The number of carbonyl (C=O) groups is 1. The van der Waals surface area contributed by atoms with Crippen LogP contribution in [-0.2, 0) is 6.42 Å². The lowest BCUT2D eigenvalue weighted by Crippen LogP contribution is -2.19. The van der Waals surface area contributed by atoms with E-state index < -0.39 is 0 Å². The molecule has 0 bridgehead atoms. The Labute approximate surface area is 203 Å². The first-order valence-electron chi connectivity index (χ1n) is 11.1. The van der Waals surface area contributed by atoms with E-state index in [4.69, 9.17) is 25.5 Å². The summed E-state index contributed by atoms with van der Waals surface area (Å²) in [6, 6.07) is 18.5. The van der Waals surface area contributed by atoms with Gasteiger partial charge in [-0.05, 0) is 80.2 Å². The maximum atomic E-state index is 13.5. The highest BCUT2D eigenvalue weighted by molar-refractivity contribution is 6.30. The molecule has 5 nitrogen and oxygen atoms in total. The summed E-state index contributed by atoms with van der Waals surface area (Å²) in [5.74, 6) is 1.60. The summed E-state index contributed by atoms with van der Waals surface area (Å²) in [7, 11) is 4.02. The molecule has 0 atom stereocenters. The van der Waals surface area contributed by atoms with E-state index in [-0.39, 0.29) is 11.5 Å². The maximum Gasteiger partial charge on any atom is 0.228 e. The molecule has 0 unspecified atom stereocenters. The van der Waals surface area contributed by atoms with Crippen LogP contribution in [0.25, 0.3) is 22.1 Å². The number of hydrogen-bond acceptors (Lipinski definition) is 5. The molecule has 0 N–H and O–H groups in total. The Kier molecular flexibility index (Phi) is 6.14. The van der Waals surface area contributed by atoms with Crippen LogP contribution in [0.5, 0.6) is 11.5 Å². The van der Waals surface area contributed by atoms with E-state index in [1.807, 2.05) is 56.6 Å². The standard InChI is InChI=1S/C28H24ClNO4/c1-30(2)13-15-32-22-11-7-18(8-12-22)26-23-16-20-4-3-14-33-24(20)17-25(23)34-28(26)27(31)19-5-9-21(29)10-6-19/h3,5-12,14,16-17H,4,13,15H2,1-2H3. The molecule has 0 aliphatic carbocycles. The molecular weight excluding hydrogens is 450 g/mol. The molecule has 1 aromatic heterocycles. The summed E-state index contributed by atoms with van der Waals surface area (Å²) in [6.45, 7) is 1.43. The Morgan fingerprint density at radius 1 is 1.06 bits per heavy atom. The first-order chi connectivity index (χ1) is 16.5. The van der Waals surface area contributed by atoms with E-state index in [2.05, 4.69) is 4.90 Å². The fourth-order valence-corrected chi connectivity index (χ4v) is 4.10. The molecule has 1 aliphatic rings. The van der Waals surface area contributed by atoms with Gasteiger partial charge in [-0.1, -0.05) is 23.7 Å². The number of furan rings is 1. The highest BCUT2D eigenvalue weighted by atomic mass is 35.5. The molecule has 0 spiro atoms. The lowest BCUT2D eigenvalue weighted by atomic mass is 9.96. The van der Waals surface area contributed by atoms with E-state index in [9.17, 15) is 4.79 Å². The second-order valence-corrected chi connectivity index (χ2v) is 8.90. The number of hydrogen-bond donors (Lipinski definition) is 0. The van der Waals surface area contributed by atoms with E-state index in [0.29, 0.717) is 22.8 Å². The zero-order valence-corrected chi connectivity index (χ0v) is 19.8. The molecule has 172 valence electrons. The topological polar surface area (TPSA) is 51.9 Å². The van der Waals surface area contributed by atoms with Crippen molar-refractivity contribution in [1.82, 2.24) is 4.90 Å². The summed E-state index contributed by atoms with van der Waals surface area (Å²) in [5.41, 5.74) is 3.80. The SMILES string of the molecule is CN(C)CCOc1ccc(-c2c(C(=O)c3ccc(Cl)cc3)oc3cc4c(cc23)CC=CO4)cc1. The lowest BCUT2D eigenvalue weighted by molar-refractivity contribution is 0.101. The molecular formula is C28H24ClNO4. The van der Waals surface area contributed by atoms with Crippen molar-refractivity contribution in [1.29, 1.82) is 0 Å². The van der Waals surface area contributed by atoms with Crippen molar-refractivity contribution in [3.8, 4) is 22.6 Å². The minimum Gasteiger partial charge on any atom is -0.492 e. The highest BCUT2D eigenvalue weighted by Crippen LogP contribution is 2.40. The van der Waals surface area contributed by atoms with Crippen molar-refractivity contribution >= 4 is 28.4 Å². The minimum atomic E-state index is -0.203. The number of nitrogens with zero attached hydrogens (tertiary/aromatic N) is 1. The molecule has 0 saturated carbocycles. The van der Waals surface area contributed by atoms with Gasteiger partial charge >= 0.3 is 0 Å². The minimum absolute atomic E-state index is 0.203. The number of rotatable bonds is 7. The van der Waals surface area contributed by atoms with Gasteiger partial charge in [0.05, 0.1) is 6.26 Å². The Morgan fingerprint density at radius 2 is 1.82 bits per heavy atom. The maximum absolute atomic E-state index is 13.5. The van der Waals surface area contributed by atoms with Crippen molar-refractivity contribution in [3.63, 3.8) is 0 Å². The van der Waals surface area contributed by atoms with Gasteiger partial charge in [0, 0.05) is 34.1 Å². The van der Waals surface area contributed by atoms with Gasteiger partial charge in [0.2, 0.25) is 5.78 Å². The normalized spacial score (nSPS) is 12.6. The number of allylic oxidation sites excluding steroid dienone is 1. The Bertz CT molecular complexity index is 1370. The number of ketones is 1. The van der Waals surface area contributed by atoms with Crippen LogP contribution in [0.15, 0.2) is 77.4 Å². The number of carbonyl (C=O) groups excluding carboxylic acids is 1. The summed E-state index contributed by atoms with van der Waals surface area (Å²) in [4.78, 5) is 15.6. The third-order valence-corrected chi connectivity index (χ3v) is 6.01. The summed E-state index contributed by atoms with van der Waals surface area (Å²) < 4.78 is 17.7. The Morgan fingerprint density at radius 3 is 2.56 bits per heavy atom. The molecule has 34 heavy (non-hydrogen) atoms. The van der Waals surface area contributed by atoms with E-state index in [0.717, 1.165) is 46.5 Å². The fraction of sp³-hybridized carbons (Fsp3) is 0.179. The first-order valence-corrected chi connectivity index (χ1v) is 11.5. The van der Waals surface area contributed by atoms with Crippen molar-refractivity contribution < 1.29 is 18.7 Å². The lowest BCUT2D eigenvalue weighted by Gasteiger charge is -2.12. The van der Waals surface area contributed by atoms with E-state index >= 15 is 0 Å². The molecule has 0 fully saturated rings. The molecule has 2 heterocycles. The summed E-state index contributed by atoms with van der Waals surface area (Å²) in [5, 5.41) is 1.44. The van der Waals surface area contributed by atoms with Gasteiger partial charge in [-0.2, -0.15) is 0 Å². The average molecular weight is 474 g/mol. The molecule has 1 aliphatic heterocycles. The smallest absolute Gasteiger partial charge is 0.228 e. The van der Waals surface area contributed by atoms with Gasteiger partial charge in [0.25, 0.3) is 0 Å². The predicted octanol–water partition coefficient (Wildman–Crippen LogP) is 6.37. The fourth-order valence-electron chi connectivity index (χ4n) is 3.98. The van der Waals surface area contributed by atoms with Crippen LogP contribution in [-0.4, -0.2) is 37.9 Å². The quantitative estimate of drug-likeness (QED) is 0.292. The van der Waals surface area contributed by atoms with Crippen LogP contribution in [0, 0.1) is 0 Å². The first kappa shape index (κ1) is 22.3. The molecule has 0 saturated heterocycles. The zero-order chi connectivity index (χ0) is 23.7.